The summed E-state index contributed by atoms with van der Waals surface area (Å²) < 4.78 is 26.6. The van der Waals surface area contributed by atoms with Gasteiger partial charge >= 0.3 is 0 Å². The highest BCUT2D eigenvalue weighted by Crippen LogP contribution is 2.55. The number of hydrogen-bond donors (Lipinski definition) is 0. The summed E-state index contributed by atoms with van der Waals surface area (Å²) in [5.41, 5.74) is 0.615. The Hall–Kier alpha value is -0.440. The lowest BCUT2D eigenvalue weighted by molar-refractivity contribution is 0.326. The SMILES string of the molecule is Fc1ccc(C(Br)C2CC3CCC2C3)c(F)c1. The standard InChI is InChI=1S/C14H15BrF2/c15-14(11-4-3-10(16)7-13(11)17)12-6-8-1-2-9(12)5-8/h3-4,7-9,12,14H,1-2,5-6H2. The van der Waals surface area contributed by atoms with E-state index < -0.39 is 11.6 Å². The summed E-state index contributed by atoms with van der Waals surface area (Å²) in [5.74, 6) is 1.17. The van der Waals surface area contributed by atoms with Crippen LogP contribution in [0.5, 0.6) is 0 Å². The lowest BCUT2D eigenvalue weighted by Gasteiger charge is -2.27. The molecule has 0 aromatic heterocycles. The fourth-order valence-corrected chi connectivity index (χ4v) is 4.63. The summed E-state index contributed by atoms with van der Waals surface area (Å²) >= 11 is 3.63. The van der Waals surface area contributed by atoms with E-state index in [2.05, 4.69) is 15.9 Å². The van der Waals surface area contributed by atoms with Crippen molar-refractivity contribution in [2.24, 2.45) is 17.8 Å². The van der Waals surface area contributed by atoms with Gasteiger partial charge < -0.3 is 0 Å². The molecule has 3 rings (SSSR count). The van der Waals surface area contributed by atoms with E-state index in [1.54, 1.807) is 6.07 Å². The van der Waals surface area contributed by atoms with Crippen LogP contribution < -0.4 is 0 Å². The van der Waals surface area contributed by atoms with E-state index in [1.807, 2.05) is 0 Å². The topological polar surface area (TPSA) is 0 Å². The molecule has 0 amide bonds. The molecule has 2 aliphatic carbocycles. The summed E-state index contributed by atoms with van der Waals surface area (Å²) in [7, 11) is 0. The van der Waals surface area contributed by atoms with E-state index in [0.717, 1.165) is 17.9 Å². The van der Waals surface area contributed by atoms with E-state index in [4.69, 9.17) is 0 Å². The minimum absolute atomic E-state index is 0.0402. The van der Waals surface area contributed by atoms with Crippen molar-refractivity contribution < 1.29 is 8.78 Å². The number of hydrogen-bond acceptors (Lipinski definition) is 0. The quantitative estimate of drug-likeness (QED) is 0.686. The van der Waals surface area contributed by atoms with Gasteiger partial charge in [0.2, 0.25) is 0 Å². The second kappa shape index (κ2) is 4.34. The highest BCUT2D eigenvalue weighted by molar-refractivity contribution is 9.09. The third-order valence-corrected chi connectivity index (χ3v) is 5.60. The second-order valence-corrected chi connectivity index (χ2v) is 6.39. The summed E-state index contributed by atoms with van der Waals surface area (Å²) in [6, 6.07) is 3.91. The first-order valence-electron chi connectivity index (χ1n) is 6.24. The molecule has 0 spiro atoms. The lowest BCUT2D eigenvalue weighted by Crippen LogP contribution is -2.16. The average molecular weight is 301 g/mol. The van der Waals surface area contributed by atoms with Crippen molar-refractivity contribution in [2.75, 3.05) is 0 Å². The van der Waals surface area contributed by atoms with Gasteiger partial charge in [0.15, 0.2) is 0 Å². The van der Waals surface area contributed by atoms with Crippen LogP contribution in [0.1, 0.15) is 36.1 Å². The van der Waals surface area contributed by atoms with E-state index in [-0.39, 0.29) is 4.83 Å². The van der Waals surface area contributed by atoms with Gasteiger partial charge in [-0.15, -0.1) is 0 Å². The van der Waals surface area contributed by atoms with Gasteiger partial charge in [0.05, 0.1) is 0 Å². The zero-order valence-corrected chi connectivity index (χ0v) is 11.1. The van der Waals surface area contributed by atoms with Crippen LogP contribution in [0.3, 0.4) is 0 Å². The molecule has 0 N–H and O–H groups in total. The van der Waals surface area contributed by atoms with Crippen LogP contribution in [0.25, 0.3) is 0 Å². The molecule has 0 nitrogen and oxygen atoms in total. The van der Waals surface area contributed by atoms with Crippen LogP contribution in [0.2, 0.25) is 0 Å². The van der Waals surface area contributed by atoms with Crippen LogP contribution in [0.4, 0.5) is 8.78 Å². The molecule has 2 fully saturated rings. The Morgan fingerprint density at radius 1 is 1.18 bits per heavy atom. The van der Waals surface area contributed by atoms with Gasteiger partial charge in [0, 0.05) is 16.5 Å². The van der Waals surface area contributed by atoms with Crippen LogP contribution in [0.15, 0.2) is 18.2 Å². The van der Waals surface area contributed by atoms with Crippen molar-refractivity contribution in [1.82, 2.24) is 0 Å². The number of rotatable bonds is 2. The molecule has 4 unspecified atom stereocenters. The Kier molecular flexibility index (Phi) is 2.97. The van der Waals surface area contributed by atoms with Crippen LogP contribution in [0, 0.1) is 29.4 Å². The van der Waals surface area contributed by atoms with Gasteiger partial charge in [0.1, 0.15) is 11.6 Å². The van der Waals surface area contributed by atoms with Crippen molar-refractivity contribution >= 4 is 15.9 Å². The fourth-order valence-electron chi connectivity index (χ4n) is 3.61. The van der Waals surface area contributed by atoms with Crippen LogP contribution >= 0.6 is 15.9 Å². The molecule has 1 aromatic carbocycles. The molecular weight excluding hydrogens is 286 g/mol. The Bertz CT molecular complexity index is 432. The first-order chi connectivity index (χ1) is 8.15. The molecule has 0 saturated heterocycles. The number of benzene rings is 1. The lowest BCUT2D eigenvalue weighted by atomic mass is 9.84. The minimum atomic E-state index is -0.501. The normalized spacial score (nSPS) is 33.0. The van der Waals surface area contributed by atoms with Gasteiger partial charge in [-0.05, 0) is 43.1 Å². The van der Waals surface area contributed by atoms with E-state index >= 15 is 0 Å². The van der Waals surface area contributed by atoms with Gasteiger partial charge in [-0.2, -0.15) is 0 Å². The molecule has 2 saturated carbocycles. The molecule has 2 aliphatic rings. The van der Waals surface area contributed by atoms with Gasteiger partial charge in [-0.3, -0.25) is 0 Å². The predicted molar refractivity (Wildman–Crippen MR) is 67.0 cm³/mol. The maximum atomic E-state index is 13.7. The minimum Gasteiger partial charge on any atom is -0.207 e. The Morgan fingerprint density at radius 3 is 2.59 bits per heavy atom. The summed E-state index contributed by atoms with van der Waals surface area (Å²) in [6.07, 6.45) is 5.11. The molecule has 0 heterocycles. The second-order valence-electron chi connectivity index (χ2n) is 5.41. The van der Waals surface area contributed by atoms with Crippen molar-refractivity contribution in [2.45, 2.75) is 30.5 Å². The van der Waals surface area contributed by atoms with Crippen LogP contribution in [-0.4, -0.2) is 0 Å². The molecular formula is C14H15BrF2. The molecule has 2 bridgehead atoms. The van der Waals surface area contributed by atoms with Gasteiger partial charge in [-0.25, -0.2) is 8.78 Å². The Morgan fingerprint density at radius 2 is 2.00 bits per heavy atom. The zero-order valence-electron chi connectivity index (χ0n) is 9.50. The van der Waals surface area contributed by atoms with E-state index in [9.17, 15) is 8.78 Å². The summed E-state index contributed by atoms with van der Waals surface area (Å²) in [6.45, 7) is 0. The predicted octanol–water partition coefficient (Wildman–Crippen LogP) is 4.84. The Labute approximate surface area is 109 Å². The molecule has 3 heteroatoms. The monoisotopic (exact) mass is 300 g/mol. The van der Waals surface area contributed by atoms with Crippen molar-refractivity contribution in [3.05, 3.63) is 35.4 Å². The fraction of sp³-hybridized carbons (Fsp3) is 0.571. The average Bonchev–Trinajstić information content (AvgIpc) is 2.89. The highest BCUT2D eigenvalue weighted by Gasteiger charge is 2.43. The number of fused-ring (bicyclic) bond motifs is 2. The maximum absolute atomic E-state index is 13.7. The van der Waals surface area contributed by atoms with Crippen molar-refractivity contribution in [3.8, 4) is 0 Å². The van der Waals surface area contributed by atoms with E-state index in [1.165, 1.54) is 31.7 Å². The molecule has 1 aromatic rings. The molecule has 0 aliphatic heterocycles. The third kappa shape index (κ3) is 2.03. The van der Waals surface area contributed by atoms with Crippen molar-refractivity contribution in [1.29, 1.82) is 0 Å². The summed E-state index contributed by atoms with van der Waals surface area (Å²) in [4.78, 5) is 0.0402. The number of halogens is 3. The van der Waals surface area contributed by atoms with Gasteiger partial charge in [-0.1, -0.05) is 28.4 Å². The Balaban J connectivity index is 1.84. The smallest absolute Gasteiger partial charge is 0.130 e. The molecule has 17 heavy (non-hydrogen) atoms. The molecule has 4 atom stereocenters. The van der Waals surface area contributed by atoms with Crippen molar-refractivity contribution in [3.63, 3.8) is 0 Å². The first-order valence-corrected chi connectivity index (χ1v) is 7.15. The summed E-state index contributed by atoms with van der Waals surface area (Å²) in [5, 5.41) is 0. The first kappa shape index (κ1) is 11.6. The third-order valence-electron chi connectivity index (χ3n) is 4.43. The maximum Gasteiger partial charge on any atom is 0.130 e. The molecule has 92 valence electrons. The van der Waals surface area contributed by atoms with E-state index in [0.29, 0.717) is 11.5 Å². The highest BCUT2D eigenvalue weighted by atomic mass is 79.9. The molecule has 0 radical (unpaired) electrons. The number of alkyl halides is 1. The zero-order chi connectivity index (χ0) is 12.0. The van der Waals surface area contributed by atoms with Crippen LogP contribution in [-0.2, 0) is 0 Å². The largest absolute Gasteiger partial charge is 0.207 e. The van der Waals surface area contributed by atoms with Gasteiger partial charge in [0.25, 0.3) is 0 Å².